The predicted molar refractivity (Wildman–Crippen MR) is 178 cm³/mol. The summed E-state index contributed by atoms with van der Waals surface area (Å²) in [4.78, 5) is 28.4. The van der Waals surface area contributed by atoms with Crippen molar-refractivity contribution in [1.82, 2.24) is 19.9 Å². The topological polar surface area (TPSA) is 111 Å². The van der Waals surface area contributed by atoms with E-state index in [1.165, 1.54) is 12.4 Å². The van der Waals surface area contributed by atoms with Gasteiger partial charge in [0.05, 0.1) is 35.8 Å². The Balaban J connectivity index is 1.55. The molecule has 2 aromatic heterocycles. The summed E-state index contributed by atoms with van der Waals surface area (Å²) in [6.07, 6.45) is 6.52. The average molecular weight is 625 g/mol. The number of rotatable bonds is 12. The van der Waals surface area contributed by atoms with Crippen LogP contribution in [-0.4, -0.2) is 60.6 Å². The molecule has 1 amide bonds. The number of fused-ring (bicyclic) bond motifs is 1. The molecule has 0 unspecified atom stereocenters. The van der Waals surface area contributed by atoms with Gasteiger partial charge in [0.1, 0.15) is 24.5 Å². The molecule has 45 heavy (non-hydrogen) atoms. The first-order valence-electron chi connectivity index (χ1n) is 14.1. The smallest absolute Gasteiger partial charge is 0.248 e. The quantitative estimate of drug-likeness (QED) is 0.146. The maximum atomic E-state index is 13.0. The molecular formula is C34H33ClN6O4. The van der Waals surface area contributed by atoms with E-state index in [1.807, 2.05) is 73.6 Å². The van der Waals surface area contributed by atoms with Gasteiger partial charge in [0.2, 0.25) is 5.91 Å². The molecule has 0 bridgehead atoms. The van der Waals surface area contributed by atoms with Crippen molar-refractivity contribution in [1.29, 1.82) is 0 Å². The lowest BCUT2D eigenvalue weighted by molar-refractivity contribution is -0.111. The van der Waals surface area contributed by atoms with Crippen LogP contribution in [0.25, 0.3) is 22.0 Å². The summed E-state index contributed by atoms with van der Waals surface area (Å²) in [6.45, 7) is 0.919. The third kappa shape index (κ3) is 7.67. The molecule has 5 aromatic rings. The van der Waals surface area contributed by atoms with Crippen molar-refractivity contribution in [2.45, 2.75) is 6.61 Å². The third-order valence-electron chi connectivity index (χ3n) is 6.77. The second-order valence-electron chi connectivity index (χ2n) is 10.2. The van der Waals surface area contributed by atoms with Gasteiger partial charge in [-0.2, -0.15) is 0 Å². The lowest BCUT2D eigenvalue weighted by Crippen LogP contribution is -2.13. The van der Waals surface area contributed by atoms with E-state index < -0.39 is 0 Å². The van der Waals surface area contributed by atoms with E-state index >= 15 is 0 Å². The summed E-state index contributed by atoms with van der Waals surface area (Å²) in [5.74, 6) is 1.89. The van der Waals surface area contributed by atoms with E-state index in [9.17, 15) is 4.79 Å². The van der Waals surface area contributed by atoms with Gasteiger partial charge in [-0.25, -0.2) is 9.97 Å². The van der Waals surface area contributed by atoms with Crippen LogP contribution in [0, 0.1) is 0 Å². The number of likely N-dealkylation sites (N-methyl/N-ethyl adjacent to an activating group) is 1. The summed E-state index contributed by atoms with van der Waals surface area (Å²) in [5.41, 5.74) is 4.18. The Morgan fingerprint density at radius 2 is 1.76 bits per heavy atom. The number of carbonyl (C=O) groups excluding carboxylic acids is 1. The number of pyridine rings is 1. The highest BCUT2D eigenvalue weighted by Gasteiger charge is 2.19. The zero-order chi connectivity index (χ0) is 31.8. The fourth-order valence-electron chi connectivity index (χ4n) is 4.66. The second kappa shape index (κ2) is 14.5. The Morgan fingerprint density at radius 1 is 0.933 bits per heavy atom. The molecule has 0 radical (unpaired) electrons. The monoisotopic (exact) mass is 624 g/mol. The van der Waals surface area contributed by atoms with E-state index in [0.717, 1.165) is 11.3 Å². The van der Waals surface area contributed by atoms with Crippen molar-refractivity contribution < 1.29 is 19.0 Å². The zero-order valence-electron chi connectivity index (χ0n) is 25.4. The normalized spacial score (nSPS) is 11.2. The lowest BCUT2D eigenvalue weighted by atomic mass is 9.97. The number of carbonyl (C=O) groups is 1. The second-order valence-corrected chi connectivity index (χ2v) is 10.6. The molecule has 0 aliphatic rings. The van der Waals surface area contributed by atoms with Crippen molar-refractivity contribution in [3.8, 4) is 28.4 Å². The van der Waals surface area contributed by atoms with Gasteiger partial charge in [-0.15, -0.1) is 0 Å². The number of nitrogens with zero attached hydrogens (tertiary/aromatic N) is 4. The van der Waals surface area contributed by atoms with Gasteiger partial charge in [-0.1, -0.05) is 29.8 Å². The van der Waals surface area contributed by atoms with E-state index in [-0.39, 0.29) is 12.5 Å². The van der Waals surface area contributed by atoms with Gasteiger partial charge in [-0.05, 0) is 74.3 Å². The third-order valence-corrected chi connectivity index (χ3v) is 7.07. The van der Waals surface area contributed by atoms with Gasteiger partial charge in [0.25, 0.3) is 0 Å². The number of nitrogens with one attached hydrogen (secondary N) is 2. The van der Waals surface area contributed by atoms with Gasteiger partial charge in [0.15, 0.2) is 11.5 Å². The minimum absolute atomic E-state index is 0.266. The number of amides is 1. The van der Waals surface area contributed by atoms with Gasteiger partial charge >= 0.3 is 0 Å². The first-order valence-corrected chi connectivity index (χ1v) is 14.5. The van der Waals surface area contributed by atoms with Crippen LogP contribution in [0.5, 0.6) is 17.2 Å². The van der Waals surface area contributed by atoms with Crippen LogP contribution >= 0.6 is 11.6 Å². The molecule has 0 aliphatic heterocycles. The molecule has 11 heteroatoms. The maximum absolute atomic E-state index is 13.0. The molecule has 0 atom stereocenters. The van der Waals surface area contributed by atoms with Crippen molar-refractivity contribution >= 4 is 45.6 Å². The SMILES string of the molecule is COc1ccc(-c2c(NC(=O)/C=C/CN(C)C)ccc3ncnc(Nc4ccc(OCc5ccccn5)c(Cl)c4)c23)cc1OC. The molecular weight excluding hydrogens is 592 g/mol. The predicted octanol–water partition coefficient (Wildman–Crippen LogP) is 6.74. The van der Waals surface area contributed by atoms with Crippen LogP contribution < -0.4 is 24.8 Å². The van der Waals surface area contributed by atoms with Crippen LogP contribution in [0.3, 0.4) is 0 Å². The first kappa shape index (κ1) is 31.2. The summed E-state index contributed by atoms with van der Waals surface area (Å²) >= 11 is 6.61. The number of methoxy groups -OCH3 is 2. The summed E-state index contributed by atoms with van der Waals surface area (Å²) in [5, 5.41) is 7.53. The standard InChI is InChI=1S/C34H33ClN6O4/c1-41(2)17-7-9-31(42)40-27-13-12-26-33(32(27)22-10-14-29(43-3)30(18-22)44-4)34(38-21-37-26)39-23-11-15-28(25(35)19-23)45-20-24-8-5-6-16-36-24/h5-16,18-19,21H,17,20H2,1-4H3,(H,40,42)(H,37,38,39)/b9-7+. The van der Waals surface area contributed by atoms with Crippen molar-refractivity contribution in [2.75, 3.05) is 45.5 Å². The van der Waals surface area contributed by atoms with Crippen LogP contribution in [0.15, 0.2) is 91.4 Å². The number of anilines is 3. The number of ether oxygens (including phenoxy) is 3. The Hall–Kier alpha value is -5.19. The Morgan fingerprint density at radius 3 is 2.49 bits per heavy atom. The molecule has 0 fully saturated rings. The molecule has 0 spiro atoms. The summed E-state index contributed by atoms with van der Waals surface area (Å²) < 4.78 is 17.0. The van der Waals surface area contributed by atoms with Crippen LogP contribution in [0.4, 0.5) is 17.2 Å². The van der Waals surface area contributed by atoms with Crippen LogP contribution in [0.2, 0.25) is 5.02 Å². The first-order chi connectivity index (χ1) is 21.9. The van der Waals surface area contributed by atoms with E-state index in [0.29, 0.717) is 62.5 Å². The summed E-state index contributed by atoms with van der Waals surface area (Å²) in [6, 6.07) is 20.3. The Kier molecular flexibility index (Phi) is 10.1. The molecule has 0 saturated carbocycles. The average Bonchev–Trinajstić information content (AvgIpc) is 3.04. The highest BCUT2D eigenvalue weighted by molar-refractivity contribution is 6.32. The van der Waals surface area contributed by atoms with Crippen LogP contribution in [-0.2, 0) is 11.4 Å². The fraction of sp³-hybridized carbons (Fsp3) is 0.176. The van der Waals surface area contributed by atoms with Gasteiger partial charge in [0, 0.05) is 35.8 Å². The number of hydrogen-bond acceptors (Lipinski definition) is 9. The minimum atomic E-state index is -0.266. The molecule has 2 N–H and O–H groups in total. The molecule has 5 rings (SSSR count). The van der Waals surface area contributed by atoms with Crippen molar-refractivity contribution in [3.05, 3.63) is 102 Å². The number of halogens is 1. The summed E-state index contributed by atoms with van der Waals surface area (Å²) in [7, 11) is 7.03. The fourth-order valence-corrected chi connectivity index (χ4v) is 4.89. The lowest BCUT2D eigenvalue weighted by Gasteiger charge is -2.18. The zero-order valence-corrected chi connectivity index (χ0v) is 26.1. The number of hydrogen-bond donors (Lipinski definition) is 2. The van der Waals surface area contributed by atoms with E-state index in [1.54, 1.807) is 38.6 Å². The number of benzene rings is 3. The molecule has 0 aliphatic carbocycles. The molecule has 230 valence electrons. The molecule has 0 saturated heterocycles. The van der Waals surface area contributed by atoms with Crippen molar-refractivity contribution in [2.24, 2.45) is 0 Å². The molecule has 2 heterocycles. The Labute approximate surface area is 266 Å². The molecule has 3 aromatic carbocycles. The largest absolute Gasteiger partial charge is 0.493 e. The Bertz CT molecular complexity index is 1830. The van der Waals surface area contributed by atoms with Gasteiger partial charge < -0.3 is 29.7 Å². The maximum Gasteiger partial charge on any atom is 0.248 e. The minimum Gasteiger partial charge on any atom is -0.493 e. The van der Waals surface area contributed by atoms with E-state index in [2.05, 4.69) is 25.6 Å². The number of aromatic nitrogens is 3. The van der Waals surface area contributed by atoms with E-state index in [4.69, 9.17) is 25.8 Å². The molecule has 10 nitrogen and oxygen atoms in total. The van der Waals surface area contributed by atoms with Crippen LogP contribution in [0.1, 0.15) is 5.69 Å². The highest BCUT2D eigenvalue weighted by atomic mass is 35.5. The van der Waals surface area contributed by atoms with Crippen molar-refractivity contribution in [3.63, 3.8) is 0 Å². The van der Waals surface area contributed by atoms with Gasteiger partial charge in [-0.3, -0.25) is 9.78 Å². The highest BCUT2D eigenvalue weighted by Crippen LogP contribution is 2.42.